The largest absolute Gasteiger partial charge is 0.335 e. The van der Waals surface area contributed by atoms with E-state index in [2.05, 4.69) is 5.32 Å². The van der Waals surface area contributed by atoms with Gasteiger partial charge in [0.2, 0.25) is 10.0 Å². The number of carbonyl (C=O) groups is 1. The highest BCUT2D eigenvalue weighted by molar-refractivity contribution is 7.89. The van der Waals surface area contributed by atoms with Gasteiger partial charge in [-0.2, -0.15) is 4.31 Å². The Kier molecular flexibility index (Phi) is 5.06. The molecule has 1 aromatic carbocycles. The fourth-order valence-corrected chi connectivity index (χ4v) is 4.99. The standard InChI is InChI=1S/C18H27N3O3S/c1-13-4-5-14(2)17(12-13)25(23,24)21-10-8-20(9-11-21)18(22)19-15(3)16-6-7-16/h4-5,12,15-16H,6-11H2,1-3H3,(H,19,22)/t15-/m0/s1. The zero-order valence-electron chi connectivity index (χ0n) is 15.2. The van der Waals surface area contributed by atoms with Gasteiger partial charge in [-0.1, -0.05) is 12.1 Å². The monoisotopic (exact) mass is 365 g/mol. The summed E-state index contributed by atoms with van der Waals surface area (Å²) in [5.74, 6) is 0.606. The number of rotatable bonds is 4. The summed E-state index contributed by atoms with van der Waals surface area (Å²) in [6, 6.07) is 5.59. The van der Waals surface area contributed by atoms with Crippen LogP contribution in [0.1, 0.15) is 30.9 Å². The number of urea groups is 1. The summed E-state index contributed by atoms with van der Waals surface area (Å²) in [6.07, 6.45) is 2.37. The SMILES string of the molecule is Cc1ccc(C)c(S(=O)(=O)N2CCN(C(=O)N[C@@H](C)C3CC3)CC2)c1. The van der Waals surface area contributed by atoms with Crippen LogP contribution in [0.15, 0.2) is 23.1 Å². The molecule has 1 atom stereocenters. The molecule has 3 rings (SSSR count). The van der Waals surface area contributed by atoms with E-state index in [9.17, 15) is 13.2 Å². The normalized spacial score (nSPS) is 20.4. The molecule has 1 aliphatic heterocycles. The van der Waals surface area contributed by atoms with Crippen LogP contribution in [-0.2, 0) is 10.0 Å². The van der Waals surface area contributed by atoms with Gasteiger partial charge < -0.3 is 10.2 Å². The van der Waals surface area contributed by atoms with Gasteiger partial charge in [0, 0.05) is 32.2 Å². The van der Waals surface area contributed by atoms with Gasteiger partial charge in [-0.15, -0.1) is 0 Å². The van der Waals surface area contributed by atoms with Crippen LogP contribution in [-0.4, -0.2) is 55.9 Å². The minimum absolute atomic E-state index is 0.0804. The van der Waals surface area contributed by atoms with Gasteiger partial charge in [0.25, 0.3) is 0 Å². The second kappa shape index (κ2) is 6.96. The molecule has 0 aromatic heterocycles. The van der Waals surface area contributed by atoms with E-state index >= 15 is 0 Å². The molecule has 2 fully saturated rings. The Labute approximate surface area is 150 Å². The number of hydrogen-bond acceptors (Lipinski definition) is 3. The number of carbonyl (C=O) groups excluding carboxylic acids is 1. The lowest BCUT2D eigenvalue weighted by Gasteiger charge is -2.34. The zero-order valence-corrected chi connectivity index (χ0v) is 16.0. The summed E-state index contributed by atoms with van der Waals surface area (Å²) in [6.45, 7) is 7.26. The van der Waals surface area contributed by atoms with Crippen LogP contribution >= 0.6 is 0 Å². The smallest absolute Gasteiger partial charge is 0.317 e. The number of amides is 2. The molecule has 0 radical (unpaired) electrons. The Balaban J connectivity index is 1.63. The molecule has 1 saturated carbocycles. The minimum atomic E-state index is -3.52. The molecular weight excluding hydrogens is 338 g/mol. The Bertz CT molecular complexity index is 751. The highest BCUT2D eigenvalue weighted by Crippen LogP contribution is 2.32. The van der Waals surface area contributed by atoms with Crippen LogP contribution in [0.4, 0.5) is 4.79 Å². The first-order chi connectivity index (χ1) is 11.8. The second-order valence-electron chi connectivity index (χ2n) is 7.24. The van der Waals surface area contributed by atoms with E-state index in [4.69, 9.17) is 0 Å². The fraction of sp³-hybridized carbons (Fsp3) is 0.611. The van der Waals surface area contributed by atoms with Crippen LogP contribution in [0.25, 0.3) is 0 Å². The lowest BCUT2D eigenvalue weighted by atomic mass is 10.2. The quantitative estimate of drug-likeness (QED) is 0.888. The molecular formula is C18H27N3O3S. The molecule has 6 nitrogen and oxygen atoms in total. The predicted molar refractivity (Wildman–Crippen MR) is 97.0 cm³/mol. The lowest BCUT2D eigenvalue weighted by Crippen LogP contribution is -2.54. The first-order valence-corrected chi connectivity index (χ1v) is 10.4. The van der Waals surface area contributed by atoms with Crippen molar-refractivity contribution >= 4 is 16.1 Å². The molecule has 2 aliphatic rings. The van der Waals surface area contributed by atoms with Gasteiger partial charge in [-0.3, -0.25) is 0 Å². The van der Waals surface area contributed by atoms with E-state index in [1.54, 1.807) is 11.0 Å². The molecule has 138 valence electrons. The number of hydrogen-bond donors (Lipinski definition) is 1. The molecule has 25 heavy (non-hydrogen) atoms. The van der Waals surface area contributed by atoms with Crippen molar-refractivity contribution in [3.63, 3.8) is 0 Å². The summed E-state index contributed by atoms with van der Waals surface area (Å²) in [5, 5.41) is 3.03. The highest BCUT2D eigenvalue weighted by atomic mass is 32.2. The number of nitrogens with one attached hydrogen (secondary N) is 1. The van der Waals surface area contributed by atoms with Crippen LogP contribution < -0.4 is 5.32 Å². The summed E-state index contributed by atoms with van der Waals surface area (Å²) in [7, 11) is -3.52. The van der Waals surface area contributed by atoms with Crippen LogP contribution in [0.3, 0.4) is 0 Å². The number of nitrogens with zero attached hydrogens (tertiary/aromatic N) is 2. The predicted octanol–water partition coefficient (Wildman–Crippen LogP) is 2.12. The maximum absolute atomic E-state index is 12.9. The highest BCUT2D eigenvalue weighted by Gasteiger charge is 2.33. The number of sulfonamides is 1. The first kappa shape index (κ1) is 18.2. The van der Waals surface area contributed by atoms with Crippen LogP contribution in [0.5, 0.6) is 0 Å². The van der Waals surface area contributed by atoms with Crippen LogP contribution in [0, 0.1) is 19.8 Å². The molecule has 0 unspecified atom stereocenters. The molecule has 2 amide bonds. The summed E-state index contributed by atoms with van der Waals surface area (Å²) in [4.78, 5) is 14.4. The van der Waals surface area contributed by atoms with E-state index in [1.165, 1.54) is 17.1 Å². The molecule has 1 aliphatic carbocycles. The zero-order chi connectivity index (χ0) is 18.2. The molecule has 1 N–H and O–H groups in total. The third-order valence-corrected chi connectivity index (χ3v) is 7.21. The molecule has 1 heterocycles. The van der Waals surface area contributed by atoms with Gasteiger partial charge in [0.05, 0.1) is 4.90 Å². The van der Waals surface area contributed by atoms with E-state index in [0.717, 1.165) is 11.1 Å². The maximum atomic E-state index is 12.9. The third kappa shape index (κ3) is 3.98. The maximum Gasteiger partial charge on any atom is 0.317 e. The van der Waals surface area contributed by atoms with E-state index in [-0.39, 0.29) is 12.1 Å². The van der Waals surface area contributed by atoms with Crippen molar-refractivity contribution in [3.8, 4) is 0 Å². The Morgan fingerprint density at radius 3 is 2.40 bits per heavy atom. The summed E-state index contributed by atoms with van der Waals surface area (Å²) < 4.78 is 27.3. The average Bonchev–Trinajstić information content (AvgIpc) is 3.42. The Hall–Kier alpha value is -1.60. The molecule has 7 heteroatoms. The second-order valence-corrected chi connectivity index (χ2v) is 9.14. The number of aryl methyl sites for hydroxylation is 2. The molecule has 0 bridgehead atoms. The molecule has 1 aromatic rings. The Morgan fingerprint density at radius 1 is 1.16 bits per heavy atom. The topological polar surface area (TPSA) is 69.7 Å². The first-order valence-electron chi connectivity index (χ1n) is 8.92. The van der Waals surface area contributed by atoms with Crippen molar-refractivity contribution in [2.75, 3.05) is 26.2 Å². The van der Waals surface area contributed by atoms with E-state index in [1.807, 2.05) is 32.9 Å². The van der Waals surface area contributed by atoms with Crippen molar-refractivity contribution in [2.24, 2.45) is 5.92 Å². The van der Waals surface area contributed by atoms with Gasteiger partial charge >= 0.3 is 6.03 Å². The van der Waals surface area contributed by atoms with Crippen molar-refractivity contribution in [1.82, 2.24) is 14.5 Å². The number of benzene rings is 1. The number of piperazine rings is 1. The molecule has 0 spiro atoms. The fourth-order valence-electron chi connectivity index (χ4n) is 3.26. The van der Waals surface area contributed by atoms with Gasteiger partial charge in [-0.05, 0) is 56.7 Å². The Morgan fingerprint density at radius 2 is 1.80 bits per heavy atom. The summed E-state index contributed by atoms with van der Waals surface area (Å²) in [5.41, 5.74) is 1.68. The van der Waals surface area contributed by atoms with Crippen molar-refractivity contribution in [1.29, 1.82) is 0 Å². The molecule has 1 saturated heterocycles. The summed E-state index contributed by atoms with van der Waals surface area (Å²) >= 11 is 0. The van der Waals surface area contributed by atoms with Crippen molar-refractivity contribution in [2.45, 2.75) is 44.6 Å². The van der Waals surface area contributed by atoms with Crippen molar-refractivity contribution in [3.05, 3.63) is 29.3 Å². The van der Waals surface area contributed by atoms with E-state index < -0.39 is 10.0 Å². The van der Waals surface area contributed by atoms with Gasteiger partial charge in [0.15, 0.2) is 0 Å². The van der Waals surface area contributed by atoms with Gasteiger partial charge in [-0.25, -0.2) is 13.2 Å². The van der Waals surface area contributed by atoms with Crippen LogP contribution in [0.2, 0.25) is 0 Å². The van der Waals surface area contributed by atoms with Crippen molar-refractivity contribution < 1.29 is 13.2 Å². The van der Waals surface area contributed by atoms with E-state index in [0.29, 0.717) is 37.0 Å². The minimum Gasteiger partial charge on any atom is -0.335 e. The third-order valence-electron chi connectivity index (χ3n) is 5.17. The average molecular weight is 365 g/mol. The lowest BCUT2D eigenvalue weighted by molar-refractivity contribution is 0.168. The van der Waals surface area contributed by atoms with Gasteiger partial charge in [0.1, 0.15) is 0 Å².